The van der Waals surface area contributed by atoms with Gasteiger partial charge >= 0.3 is 0 Å². The molecule has 8 heteroatoms. The summed E-state index contributed by atoms with van der Waals surface area (Å²) in [6.07, 6.45) is -3.79. The van der Waals surface area contributed by atoms with E-state index in [1.807, 2.05) is 18.3 Å². The van der Waals surface area contributed by atoms with Crippen molar-refractivity contribution in [3.8, 4) is 5.75 Å². The number of aromatic nitrogens is 1. The molecule has 1 aromatic heterocycles. The van der Waals surface area contributed by atoms with Gasteiger partial charge in [-0.2, -0.15) is 0 Å². The van der Waals surface area contributed by atoms with Crippen LogP contribution in [0.4, 0.5) is 0 Å². The van der Waals surface area contributed by atoms with Crippen molar-refractivity contribution in [2.45, 2.75) is 57.0 Å². The first-order valence-electron chi connectivity index (χ1n) is 9.59. The molecule has 28 heavy (non-hydrogen) atoms. The van der Waals surface area contributed by atoms with Crippen LogP contribution in [0.25, 0.3) is 10.9 Å². The minimum atomic E-state index is -1.47. The number of hydrogen-bond donors (Lipinski definition) is 5. The number of aromatic amines is 1. The van der Waals surface area contributed by atoms with Crippen molar-refractivity contribution < 1.29 is 29.9 Å². The summed E-state index contributed by atoms with van der Waals surface area (Å²) >= 11 is 0. The van der Waals surface area contributed by atoms with Gasteiger partial charge < -0.3 is 39.8 Å². The minimum Gasteiger partial charge on any atom is -0.461 e. The van der Waals surface area contributed by atoms with Crippen molar-refractivity contribution >= 4 is 10.9 Å². The monoisotopic (exact) mass is 394 g/mol. The first-order chi connectivity index (χ1) is 13.3. The molecule has 8 nitrogen and oxygen atoms in total. The summed E-state index contributed by atoms with van der Waals surface area (Å²) in [4.78, 5) is 5.48. The van der Waals surface area contributed by atoms with E-state index in [2.05, 4.69) is 30.8 Å². The predicted molar refractivity (Wildman–Crippen MR) is 104 cm³/mol. The molecule has 1 fully saturated rings. The van der Waals surface area contributed by atoms with Gasteiger partial charge in [0.25, 0.3) is 0 Å². The Morgan fingerprint density at radius 3 is 2.61 bits per heavy atom. The number of fused-ring (bicyclic) bond motifs is 1. The van der Waals surface area contributed by atoms with Crippen molar-refractivity contribution in [2.24, 2.45) is 0 Å². The number of nitrogens with one attached hydrogen (secondary N) is 1. The second-order valence-corrected chi connectivity index (χ2v) is 7.63. The number of likely N-dealkylation sites (N-methyl/N-ethyl adjacent to an activating group) is 1. The van der Waals surface area contributed by atoms with E-state index in [0.717, 1.165) is 29.4 Å². The molecule has 0 aliphatic carbocycles. The molecule has 2 aromatic rings. The number of aliphatic hydroxyl groups excluding tert-OH is 4. The predicted octanol–water partition coefficient (Wildman–Crippen LogP) is 0.229. The molecule has 5 N–H and O–H groups in total. The van der Waals surface area contributed by atoms with Gasteiger partial charge in [-0.1, -0.05) is 6.07 Å². The van der Waals surface area contributed by atoms with E-state index < -0.39 is 37.3 Å². The average Bonchev–Trinajstić information content (AvgIpc) is 3.10. The van der Waals surface area contributed by atoms with E-state index in [9.17, 15) is 20.4 Å². The first-order valence-corrected chi connectivity index (χ1v) is 9.59. The summed E-state index contributed by atoms with van der Waals surface area (Å²) in [7, 11) is 2.07. The molecular formula is C20H30N2O6. The number of aliphatic hydroxyl groups is 4. The number of benzene rings is 1. The van der Waals surface area contributed by atoms with Crippen LogP contribution in [0.15, 0.2) is 24.4 Å². The molecule has 1 aliphatic rings. The van der Waals surface area contributed by atoms with E-state index in [1.165, 1.54) is 0 Å². The maximum Gasteiger partial charge on any atom is 0.229 e. The lowest BCUT2D eigenvalue weighted by molar-refractivity contribution is -0.277. The summed E-state index contributed by atoms with van der Waals surface area (Å²) in [5.74, 6) is 0.505. The Balaban J connectivity index is 1.83. The molecule has 0 unspecified atom stereocenters. The van der Waals surface area contributed by atoms with Gasteiger partial charge in [-0.3, -0.25) is 0 Å². The molecule has 3 rings (SSSR count). The third-order valence-corrected chi connectivity index (χ3v) is 5.46. The standard InChI is InChI=1S/C20H30N2O6/c1-11(2)22(3)8-7-12-9-21-13-5-4-6-14(16(12)13)27-20-19(26)18(25)17(24)15(10-23)28-20/h4-6,9,11,15,17-21,23-26H,7-8,10H2,1-3H3/t15-,17-,18+,19-,20+/m1/s1. The van der Waals surface area contributed by atoms with Crippen molar-refractivity contribution in [1.82, 2.24) is 9.88 Å². The van der Waals surface area contributed by atoms with Crippen LogP contribution < -0.4 is 4.74 Å². The molecule has 1 aromatic carbocycles. The Morgan fingerprint density at radius 1 is 1.18 bits per heavy atom. The lowest BCUT2D eigenvalue weighted by Crippen LogP contribution is -2.60. The number of H-pyrrole nitrogens is 1. The van der Waals surface area contributed by atoms with Crippen LogP contribution >= 0.6 is 0 Å². The Hall–Kier alpha value is -1.68. The lowest BCUT2D eigenvalue weighted by atomic mass is 9.99. The molecule has 5 atom stereocenters. The van der Waals surface area contributed by atoms with E-state index >= 15 is 0 Å². The van der Waals surface area contributed by atoms with Gasteiger partial charge in [0.05, 0.1) is 6.61 Å². The van der Waals surface area contributed by atoms with E-state index in [1.54, 1.807) is 6.07 Å². The minimum absolute atomic E-state index is 0.440. The van der Waals surface area contributed by atoms with Crippen LogP contribution in [0.3, 0.4) is 0 Å². The summed E-state index contributed by atoms with van der Waals surface area (Å²) in [6, 6.07) is 5.97. The van der Waals surface area contributed by atoms with Gasteiger partial charge in [0.1, 0.15) is 30.2 Å². The van der Waals surface area contributed by atoms with Crippen LogP contribution in [0.2, 0.25) is 0 Å². The van der Waals surface area contributed by atoms with Crippen molar-refractivity contribution in [1.29, 1.82) is 0 Å². The Morgan fingerprint density at radius 2 is 1.93 bits per heavy atom. The van der Waals surface area contributed by atoms with E-state index in [-0.39, 0.29) is 0 Å². The van der Waals surface area contributed by atoms with Crippen LogP contribution in [0.5, 0.6) is 5.75 Å². The van der Waals surface area contributed by atoms with Gasteiger partial charge in [-0.15, -0.1) is 0 Å². The zero-order valence-electron chi connectivity index (χ0n) is 16.4. The molecule has 2 heterocycles. The fourth-order valence-corrected chi connectivity index (χ4v) is 3.36. The highest BCUT2D eigenvalue weighted by atomic mass is 16.7. The van der Waals surface area contributed by atoms with Gasteiger partial charge in [-0.05, 0) is 45.0 Å². The highest BCUT2D eigenvalue weighted by Gasteiger charge is 2.44. The Kier molecular flexibility index (Phi) is 6.59. The molecule has 1 saturated heterocycles. The molecule has 0 bridgehead atoms. The fourth-order valence-electron chi connectivity index (χ4n) is 3.36. The first kappa shape index (κ1) is 21.0. The summed E-state index contributed by atoms with van der Waals surface area (Å²) in [5, 5.41) is 40.4. The number of hydrogen-bond acceptors (Lipinski definition) is 7. The molecule has 0 spiro atoms. The Labute approximate surface area is 164 Å². The molecule has 0 saturated carbocycles. The second kappa shape index (κ2) is 8.77. The zero-order valence-corrected chi connectivity index (χ0v) is 16.4. The third-order valence-electron chi connectivity index (χ3n) is 5.46. The van der Waals surface area contributed by atoms with Crippen molar-refractivity contribution in [2.75, 3.05) is 20.2 Å². The highest BCUT2D eigenvalue weighted by molar-refractivity contribution is 5.89. The average molecular weight is 394 g/mol. The molecule has 0 amide bonds. The molecule has 0 radical (unpaired) electrons. The van der Waals surface area contributed by atoms with Gasteiger partial charge in [0, 0.05) is 29.7 Å². The second-order valence-electron chi connectivity index (χ2n) is 7.63. The topological polar surface area (TPSA) is 118 Å². The Bertz CT molecular complexity index is 777. The number of ether oxygens (including phenoxy) is 2. The van der Waals surface area contributed by atoms with Gasteiger partial charge in [0.2, 0.25) is 6.29 Å². The van der Waals surface area contributed by atoms with Gasteiger partial charge in [-0.25, -0.2) is 0 Å². The highest BCUT2D eigenvalue weighted by Crippen LogP contribution is 2.32. The lowest BCUT2D eigenvalue weighted by Gasteiger charge is -2.39. The van der Waals surface area contributed by atoms with Crippen molar-refractivity contribution in [3.05, 3.63) is 30.0 Å². The third kappa shape index (κ3) is 4.17. The number of nitrogens with zero attached hydrogens (tertiary/aromatic N) is 1. The maximum absolute atomic E-state index is 10.3. The molecular weight excluding hydrogens is 364 g/mol. The van der Waals surface area contributed by atoms with Gasteiger partial charge in [0.15, 0.2) is 0 Å². The smallest absolute Gasteiger partial charge is 0.229 e. The van der Waals surface area contributed by atoms with Crippen LogP contribution in [-0.4, -0.2) is 87.3 Å². The van der Waals surface area contributed by atoms with Crippen LogP contribution in [-0.2, 0) is 11.2 Å². The molecule has 1 aliphatic heterocycles. The summed E-state index contributed by atoms with van der Waals surface area (Å²) < 4.78 is 11.4. The zero-order chi connectivity index (χ0) is 20.4. The quantitative estimate of drug-likeness (QED) is 0.456. The summed E-state index contributed by atoms with van der Waals surface area (Å²) in [6.45, 7) is 4.66. The van der Waals surface area contributed by atoms with Crippen molar-refractivity contribution in [3.63, 3.8) is 0 Å². The summed E-state index contributed by atoms with van der Waals surface area (Å²) in [5.41, 5.74) is 1.96. The molecule has 156 valence electrons. The fraction of sp³-hybridized carbons (Fsp3) is 0.600. The number of rotatable bonds is 7. The van der Waals surface area contributed by atoms with E-state index in [0.29, 0.717) is 11.8 Å². The SMILES string of the molecule is CC(C)N(C)CCc1c[nH]c2cccc(O[C@H]3O[C@H](CO)[C@@H](O)[C@H](O)[C@H]3O)c12. The van der Waals surface area contributed by atoms with Crippen LogP contribution in [0.1, 0.15) is 19.4 Å². The van der Waals surface area contributed by atoms with E-state index in [4.69, 9.17) is 9.47 Å². The van der Waals surface area contributed by atoms with Crippen LogP contribution in [0, 0.1) is 0 Å². The maximum atomic E-state index is 10.3. The normalized spacial score (nSPS) is 28.4. The largest absolute Gasteiger partial charge is 0.461 e.